The van der Waals surface area contributed by atoms with Crippen LogP contribution in [-0.2, 0) is 19.0 Å². The van der Waals surface area contributed by atoms with E-state index < -0.39 is 6.29 Å². The van der Waals surface area contributed by atoms with Crippen LogP contribution >= 0.6 is 0 Å². The van der Waals surface area contributed by atoms with E-state index in [2.05, 4.69) is 6.58 Å². The van der Waals surface area contributed by atoms with E-state index in [-0.39, 0.29) is 36.1 Å². The van der Waals surface area contributed by atoms with Gasteiger partial charge in [-0.2, -0.15) is 0 Å². The topological polar surface area (TPSA) is 65.0 Å². The third kappa shape index (κ3) is 1.61. The molecule has 0 radical (unpaired) electrons. The maximum atomic E-state index is 11.6. The summed E-state index contributed by atoms with van der Waals surface area (Å²) in [4.78, 5) is 11.6. The van der Waals surface area contributed by atoms with E-state index in [4.69, 9.17) is 14.2 Å². The number of hydrogen-bond donors (Lipinski definition) is 1. The van der Waals surface area contributed by atoms with Crippen LogP contribution in [0.4, 0.5) is 0 Å². The Hall–Kier alpha value is -0.910. The highest BCUT2D eigenvalue weighted by Gasteiger charge is 2.61. The summed E-state index contributed by atoms with van der Waals surface area (Å²) in [5.41, 5.74) is 0.554. The molecule has 5 heteroatoms. The van der Waals surface area contributed by atoms with E-state index in [1.165, 1.54) is 0 Å². The minimum atomic E-state index is -0.987. The van der Waals surface area contributed by atoms with Gasteiger partial charge in [-0.1, -0.05) is 6.58 Å². The van der Waals surface area contributed by atoms with Gasteiger partial charge >= 0.3 is 5.97 Å². The number of esters is 1. The van der Waals surface area contributed by atoms with Crippen LogP contribution in [-0.4, -0.2) is 42.3 Å². The standard InChI is InChI=1S/C12H16O5/c1-5(2)11(13)17-8-3-7-6-4-15-12(14)9(6)10(8)16-7/h6-11,13H,1,3-4H2,2H3. The molecule has 0 spiro atoms. The molecule has 94 valence electrons. The van der Waals surface area contributed by atoms with Crippen molar-refractivity contribution < 1.29 is 24.1 Å². The lowest BCUT2D eigenvalue weighted by Gasteiger charge is -2.27. The fourth-order valence-corrected chi connectivity index (χ4v) is 2.98. The Bertz CT molecular complexity index is 366. The van der Waals surface area contributed by atoms with E-state index in [9.17, 15) is 9.90 Å². The van der Waals surface area contributed by atoms with Crippen molar-refractivity contribution in [3.8, 4) is 0 Å². The van der Waals surface area contributed by atoms with E-state index >= 15 is 0 Å². The van der Waals surface area contributed by atoms with Gasteiger partial charge in [0.2, 0.25) is 0 Å². The predicted molar refractivity (Wildman–Crippen MR) is 56.9 cm³/mol. The molecule has 3 rings (SSSR count). The highest BCUT2D eigenvalue weighted by atomic mass is 16.6. The maximum Gasteiger partial charge on any atom is 0.312 e. The summed E-state index contributed by atoms with van der Waals surface area (Å²) in [6, 6.07) is 0. The molecule has 0 aromatic carbocycles. The summed E-state index contributed by atoms with van der Waals surface area (Å²) in [7, 11) is 0. The third-order valence-corrected chi connectivity index (χ3v) is 3.87. The second kappa shape index (κ2) is 3.80. The van der Waals surface area contributed by atoms with Crippen molar-refractivity contribution in [2.75, 3.05) is 6.61 Å². The summed E-state index contributed by atoms with van der Waals surface area (Å²) in [5, 5.41) is 9.63. The Morgan fingerprint density at radius 1 is 1.65 bits per heavy atom. The number of ether oxygens (including phenoxy) is 3. The molecule has 3 aliphatic rings. The molecular formula is C12H16O5. The van der Waals surface area contributed by atoms with Crippen LogP contribution < -0.4 is 0 Å². The van der Waals surface area contributed by atoms with E-state index in [0.717, 1.165) is 0 Å². The minimum absolute atomic E-state index is 0.0266. The molecule has 3 heterocycles. The van der Waals surface area contributed by atoms with E-state index in [1.807, 2.05) is 0 Å². The lowest BCUT2D eigenvalue weighted by molar-refractivity contribution is -0.154. The molecule has 0 saturated carbocycles. The van der Waals surface area contributed by atoms with Crippen molar-refractivity contribution in [3.05, 3.63) is 12.2 Å². The fraction of sp³-hybridized carbons (Fsp3) is 0.750. The maximum absolute atomic E-state index is 11.6. The van der Waals surface area contributed by atoms with Crippen molar-refractivity contribution in [1.82, 2.24) is 0 Å². The zero-order valence-corrected chi connectivity index (χ0v) is 9.67. The zero-order valence-electron chi connectivity index (χ0n) is 9.67. The lowest BCUT2D eigenvalue weighted by atomic mass is 9.80. The normalized spacial score (nSPS) is 44.6. The Kier molecular flexibility index (Phi) is 2.50. The van der Waals surface area contributed by atoms with Crippen LogP contribution in [0.1, 0.15) is 13.3 Å². The van der Waals surface area contributed by atoms with Crippen molar-refractivity contribution in [2.24, 2.45) is 11.8 Å². The molecule has 3 fully saturated rings. The Morgan fingerprint density at radius 2 is 2.41 bits per heavy atom. The van der Waals surface area contributed by atoms with Crippen LogP contribution in [0, 0.1) is 11.8 Å². The Labute approximate surface area is 99.3 Å². The van der Waals surface area contributed by atoms with Gasteiger partial charge in [-0.15, -0.1) is 0 Å². The van der Waals surface area contributed by atoms with Crippen LogP contribution in [0.25, 0.3) is 0 Å². The van der Waals surface area contributed by atoms with E-state index in [0.29, 0.717) is 18.6 Å². The van der Waals surface area contributed by atoms with Gasteiger partial charge in [0, 0.05) is 12.3 Å². The number of aliphatic hydroxyl groups excluding tert-OH is 1. The molecule has 3 aliphatic heterocycles. The van der Waals surface area contributed by atoms with Crippen molar-refractivity contribution in [2.45, 2.75) is 37.9 Å². The number of fused-ring (bicyclic) bond motifs is 5. The molecule has 17 heavy (non-hydrogen) atoms. The van der Waals surface area contributed by atoms with Crippen LogP contribution in [0.3, 0.4) is 0 Å². The average molecular weight is 240 g/mol. The number of carbonyl (C=O) groups is 1. The van der Waals surface area contributed by atoms with Crippen LogP contribution in [0.2, 0.25) is 0 Å². The number of rotatable bonds is 3. The van der Waals surface area contributed by atoms with Gasteiger partial charge in [0.1, 0.15) is 0 Å². The van der Waals surface area contributed by atoms with Gasteiger partial charge in [0.15, 0.2) is 6.29 Å². The van der Waals surface area contributed by atoms with Crippen molar-refractivity contribution >= 4 is 5.97 Å². The molecule has 2 bridgehead atoms. The van der Waals surface area contributed by atoms with Gasteiger partial charge in [-0.05, 0) is 12.5 Å². The smallest absolute Gasteiger partial charge is 0.312 e. The number of hydrogen-bond acceptors (Lipinski definition) is 5. The molecule has 6 atom stereocenters. The molecule has 0 aromatic heterocycles. The van der Waals surface area contributed by atoms with Crippen LogP contribution in [0.5, 0.6) is 0 Å². The van der Waals surface area contributed by atoms with Gasteiger partial charge < -0.3 is 19.3 Å². The first-order valence-corrected chi connectivity index (χ1v) is 5.89. The van der Waals surface area contributed by atoms with Crippen molar-refractivity contribution in [1.29, 1.82) is 0 Å². The zero-order chi connectivity index (χ0) is 12.2. The highest BCUT2D eigenvalue weighted by molar-refractivity contribution is 5.76. The first kappa shape index (κ1) is 11.2. The summed E-state index contributed by atoms with van der Waals surface area (Å²) in [6.45, 7) is 5.79. The average Bonchev–Trinajstić information content (AvgIpc) is 2.91. The number of cyclic esters (lactones) is 1. The number of aliphatic hydroxyl groups is 1. The van der Waals surface area contributed by atoms with Gasteiger partial charge in [0.25, 0.3) is 0 Å². The minimum Gasteiger partial charge on any atom is -0.465 e. The lowest BCUT2D eigenvalue weighted by Crippen LogP contribution is -2.40. The van der Waals surface area contributed by atoms with Crippen molar-refractivity contribution in [3.63, 3.8) is 0 Å². The molecule has 0 aromatic rings. The molecule has 0 amide bonds. The molecule has 1 N–H and O–H groups in total. The first-order valence-electron chi connectivity index (χ1n) is 5.89. The second-order valence-electron chi connectivity index (χ2n) is 5.07. The monoisotopic (exact) mass is 240 g/mol. The largest absolute Gasteiger partial charge is 0.465 e. The molecule has 3 saturated heterocycles. The number of carbonyl (C=O) groups excluding carboxylic acids is 1. The molecular weight excluding hydrogens is 224 g/mol. The quantitative estimate of drug-likeness (QED) is 0.434. The first-order chi connectivity index (χ1) is 8.08. The highest BCUT2D eigenvalue weighted by Crippen LogP contribution is 2.48. The predicted octanol–water partition coefficient (Wildman–Crippen LogP) is 0.226. The molecule has 5 nitrogen and oxygen atoms in total. The van der Waals surface area contributed by atoms with E-state index in [1.54, 1.807) is 6.92 Å². The SMILES string of the molecule is C=C(C)C(O)OC1CC2OC1C1C(=O)OCC21. The summed E-state index contributed by atoms with van der Waals surface area (Å²) in [5.74, 6) is -0.231. The Balaban J connectivity index is 1.71. The van der Waals surface area contributed by atoms with Gasteiger partial charge in [-0.25, -0.2) is 0 Å². The third-order valence-electron chi connectivity index (χ3n) is 3.87. The fourth-order valence-electron chi connectivity index (χ4n) is 2.98. The molecule has 6 unspecified atom stereocenters. The second-order valence-corrected chi connectivity index (χ2v) is 5.07. The summed E-state index contributed by atoms with van der Waals surface area (Å²) < 4.78 is 16.3. The van der Waals surface area contributed by atoms with Gasteiger partial charge in [-0.3, -0.25) is 4.79 Å². The van der Waals surface area contributed by atoms with Crippen LogP contribution in [0.15, 0.2) is 12.2 Å². The Morgan fingerprint density at radius 3 is 3.12 bits per heavy atom. The summed E-state index contributed by atoms with van der Waals surface area (Å²) >= 11 is 0. The van der Waals surface area contributed by atoms with Gasteiger partial charge in [0.05, 0.1) is 30.8 Å². The summed E-state index contributed by atoms with van der Waals surface area (Å²) in [6.07, 6.45) is -0.752. The molecule has 0 aliphatic carbocycles.